The summed E-state index contributed by atoms with van der Waals surface area (Å²) in [5.74, 6) is -1.85. The number of carbonyl (C=O) groups is 4. The van der Waals surface area contributed by atoms with E-state index < -0.39 is 41.3 Å². The molecule has 10 nitrogen and oxygen atoms in total. The Labute approximate surface area is 227 Å². The van der Waals surface area contributed by atoms with Crippen LogP contribution >= 0.6 is 0 Å². The molecule has 1 saturated heterocycles. The molecule has 1 fully saturated rings. The molecule has 1 aliphatic heterocycles. The highest BCUT2D eigenvalue weighted by atomic mass is 16.5. The zero-order chi connectivity index (χ0) is 28.3. The van der Waals surface area contributed by atoms with E-state index in [0.717, 1.165) is 0 Å². The molecule has 38 heavy (non-hydrogen) atoms. The van der Waals surface area contributed by atoms with Gasteiger partial charge in [0.15, 0.2) is 0 Å². The van der Waals surface area contributed by atoms with E-state index in [1.807, 2.05) is 27.7 Å². The number of hydrogen-bond donors (Lipinski definition) is 4. The Morgan fingerprint density at radius 2 is 1.79 bits per heavy atom. The number of methoxy groups -OCH3 is 1. The number of hydrazine groups is 1. The van der Waals surface area contributed by atoms with Gasteiger partial charge in [0.1, 0.15) is 23.9 Å². The number of amides is 3. The van der Waals surface area contributed by atoms with Gasteiger partial charge < -0.3 is 20.5 Å². The molecule has 216 valence electrons. The Kier molecular flexibility index (Phi) is 14.6. The van der Waals surface area contributed by atoms with E-state index in [-0.39, 0.29) is 31.4 Å². The number of phenols is 1. The van der Waals surface area contributed by atoms with Gasteiger partial charge in [-0.05, 0) is 36.5 Å². The molecule has 1 aromatic carbocycles. The smallest absolute Gasteiger partial charge is 0.324 e. The van der Waals surface area contributed by atoms with E-state index in [4.69, 9.17) is 4.74 Å². The molecule has 0 spiro atoms. The molecule has 0 radical (unpaired) electrons. The maximum atomic E-state index is 13.5. The summed E-state index contributed by atoms with van der Waals surface area (Å²) in [7, 11) is 1.29. The molecular formula is C28H48N4O6. The van der Waals surface area contributed by atoms with Gasteiger partial charge in [-0.2, -0.15) is 0 Å². The summed E-state index contributed by atoms with van der Waals surface area (Å²) < 4.78 is 4.80. The second kappa shape index (κ2) is 16.0. The third-order valence-corrected chi connectivity index (χ3v) is 5.82. The largest absolute Gasteiger partial charge is 0.508 e. The monoisotopic (exact) mass is 536 g/mol. The van der Waals surface area contributed by atoms with Gasteiger partial charge in [0, 0.05) is 18.4 Å². The molecule has 0 saturated carbocycles. The first kappa shape index (κ1) is 34.9. The van der Waals surface area contributed by atoms with Crippen molar-refractivity contribution in [3.05, 3.63) is 29.8 Å². The maximum Gasteiger partial charge on any atom is 0.324 e. The van der Waals surface area contributed by atoms with E-state index in [1.54, 1.807) is 32.9 Å². The highest BCUT2D eigenvalue weighted by Gasteiger charge is 2.35. The topological polar surface area (TPSA) is 137 Å². The highest BCUT2D eigenvalue weighted by Crippen LogP contribution is 2.17. The van der Waals surface area contributed by atoms with Crippen molar-refractivity contribution in [1.82, 2.24) is 21.1 Å². The van der Waals surface area contributed by atoms with Gasteiger partial charge in [-0.3, -0.25) is 24.2 Å². The summed E-state index contributed by atoms with van der Waals surface area (Å²) in [6, 6.07) is 3.93. The lowest BCUT2D eigenvalue weighted by molar-refractivity contribution is -0.151. The average Bonchev–Trinajstić information content (AvgIpc) is 2.86. The molecule has 3 atom stereocenters. The van der Waals surface area contributed by atoms with E-state index in [0.29, 0.717) is 24.9 Å². The van der Waals surface area contributed by atoms with Gasteiger partial charge in [-0.15, -0.1) is 0 Å². The van der Waals surface area contributed by atoms with Crippen molar-refractivity contribution >= 4 is 23.7 Å². The number of nitrogens with zero attached hydrogens (tertiary/aromatic N) is 1. The van der Waals surface area contributed by atoms with E-state index in [1.165, 1.54) is 24.3 Å². The Bertz CT molecular complexity index is 928. The molecule has 0 aromatic heterocycles. The summed E-state index contributed by atoms with van der Waals surface area (Å²) in [6.45, 7) is 13.2. The van der Waals surface area contributed by atoms with Gasteiger partial charge in [0.25, 0.3) is 5.91 Å². The Morgan fingerprint density at radius 3 is 2.32 bits per heavy atom. The molecule has 1 heterocycles. The average molecular weight is 537 g/mol. The molecule has 1 aromatic rings. The zero-order valence-corrected chi connectivity index (χ0v) is 23.4. The Morgan fingerprint density at radius 1 is 1.16 bits per heavy atom. The fraction of sp³-hybridized carbons (Fsp3) is 0.643. The van der Waals surface area contributed by atoms with Gasteiger partial charge >= 0.3 is 5.97 Å². The molecule has 0 bridgehead atoms. The summed E-state index contributed by atoms with van der Waals surface area (Å²) in [5, 5.41) is 16.8. The maximum absolute atomic E-state index is 13.5. The van der Waals surface area contributed by atoms with Crippen LogP contribution < -0.4 is 16.1 Å². The van der Waals surface area contributed by atoms with Gasteiger partial charge in [-0.1, -0.05) is 68.0 Å². The highest BCUT2D eigenvalue weighted by molar-refractivity contribution is 5.93. The number of carbonyl (C=O) groups excluding carboxylic acids is 4. The predicted octanol–water partition coefficient (Wildman–Crippen LogP) is 2.94. The lowest BCUT2D eigenvalue weighted by Crippen LogP contribution is -2.62. The normalized spacial score (nSPS) is 16.7. The number of hydrogen-bond acceptors (Lipinski definition) is 7. The number of ether oxygens (including phenoxy) is 1. The summed E-state index contributed by atoms with van der Waals surface area (Å²) in [5.41, 5.74) is 2.85. The van der Waals surface area contributed by atoms with Crippen molar-refractivity contribution in [2.45, 2.75) is 93.3 Å². The number of phenolic OH excluding ortho intramolecular Hbond substituents is 1. The first-order chi connectivity index (χ1) is 17.3. The van der Waals surface area contributed by atoms with Gasteiger partial charge in [-0.25, -0.2) is 5.43 Å². The van der Waals surface area contributed by atoms with Crippen molar-refractivity contribution in [3.8, 4) is 5.75 Å². The van der Waals surface area contributed by atoms with Crippen molar-refractivity contribution in [3.63, 3.8) is 0 Å². The van der Waals surface area contributed by atoms with Crippen LogP contribution in [0.15, 0.2) is 24.3 Å². The summed E-state index contributed by atoms with van der Waals surface area (Å²) >= 11 is 0. The SMILES string of the molecule is C.CC.COC(=O)C1CCCN(C(=O)[C@H](Cc2cccc(O)c2)NC(=O)[C@@H](NC(=O)C(C)(C)C)C(C)C)N1. The molecule has 1 aliphatic rings. The fourth-order valence-corrected chi connectivity index (χ4v) is 3.72. The minimum Gasteiger partial charge on any atom is -0.508 e. The van der Waals surface area contributed by atoms with Crippen LogP contribution in [0.5, 0.6) is 5.75 Å². The number of aromatic hydroxyl groups is 1. The molecule has 4 N–H and O–H groups in total. The number of esters is 1. The van der Waals surface area contributed by atoms with Crippen molar-refractivity contribution in [2.75, 3.05) is 13.7 Å². The van der Waals surface area contributed by atoms with Crippen LogP contribution in [-0.2, 0) is 30.3 Å². The predicted molar refractivity (Wildman–Crippen MR) is 148 cm³/mol. The molecule has 0 aliphatic carbocycles. The fourth-order valence-electron chi connectivity index (χ4n) is 3.72. The van der Waals surface area contributed by atoms with Crippen LogP contribution in [0.25, 0.3) is 0 Å². The number of nitrogens with one attached hydrogen (secondary N) is 3. The second-order valence-corrected chi connectivity index (χ2v) is 10.2. The molecule has 2 rings (SSSR count). The molecule has 10 heteroatoms. The molecule has 3 amide bonds. The van der Waals surface area contributed by atoms with E-state index in [9.17, 15) is 24.3 Å². The Hall–Kier alpha value is -3.14. The molecule has 1 unspecified atom stereocenters. The summed E-state index contributed by atoms with van der Waals surface area (Å²) in [4.78, 5) is 51.3. The van der Waals surface area contributed by atoms with E-state index >= 15 is 0 Å². The third-order valence-electron chi connectivity index (χ3n) is 5.82. The third kappa shape index (κ3) is 10.3. The first-order valence-corrected chi connectivity index (χ1v) is 12.9. The van der Waals surface area contributed by atoms with Crippen molar-refractivity contribution in [1.29, 1.82) is 0 Å². The van der Waals surface area contributed by atoms with Crippen LogP contribution in [0, 0.1) is 11.3 Å². The Balaban J connectivity index is 0.00000445. The quantitative estimate of drug-likeness (QED) is 0.375. The minimum atomic E-state index is -0.999. The number of benzene rings is 1. The van der Waals surface area contributed by atoms with Crippen LogP contribution in [-0.4, -0.2) is 65.6 Å². The standard InChI is InChI=1S/C25H38N4O6.C2H6.CH4/c1-15(2)20(27-24(34)25(3,4)5)21(31)26-19(14-16-9-7-10-17(30)13-16)22(32)29-12-8-11-18(28-29)23(33)35-6;1-2;/h7,9-10,13,15,18-20,28,30H,8,11-12,14H2,1-6H3,(H,26,31)(H,27,34);1-2H3;1H4/t18?,19-,20-;;/m0../s1. The lowest BCUT2D eigenvalue weighted by Gasteiger charge is -2.35. The van der Waals surface area contributed by atoms with Crippen molar-refractivity contribution in [2.24, 2.45) is 11.3 Å². The van der Waals surface area contributed by atoms with Crippen LogP contribution in [0.4, 0.5) is 0 Å². The van der Waals surface area contributed by atoms with Gasteiger partial charge in [0.05, 0.1) is 7.11 Å². The van der Waals surface area contributed by atoms with E-state index in [2.05, 4.69) is 16.1 Å². The first-order valence-electron chi connectivity index (χ1n) is 12.9. The van der Waals surface area contributed by atoms with Crippen LogP contribution in [0.2, 0.25) is 0 Å². The van der Waals surface area contributed by atoms with Gasteiger partial charge in [0.2, 0.25) is 11.8 Å². The minimum absolute atomic E-state index is 0. The van der Waals surface area contributed by atoms with Crippen LogP contribution in [0.1, 0.15) is 74.3 Å². The molecular weight excluding hydrogens is 488 g/mol. The zero-order valence-electron chi connectivity index (χ0n) is 23.4. The summed E-state index contributed by atoms with van der Waals surface area (Å²) in [6.07, 6.45) is 1.22. The van der Waals surface area contributed by atoms with Crippen LogP contribution in [0.3, 0.4) is 0 Å². The number of rotatable bonds is 8. The second-order valence-electron chi connectivity index (χ2n) is 10.2. The van der Waals surface area contributed by atoms with Crippen molar-refractivity contribution < 1.29 is 29.0 Å². The lowest BCUT2D eigenvalue weighted by atomic mass is 9.93.